The molecule has 0 saturated carbocycles. The van der Waals surface area contributed by atoms with Crippen LogP contribution in [0.5, 0.6) is 0 Å². The third-order valence-corrected chi connectivity index (χ3v) is 6.04. The first-order chi connectivity index (χ1) is 15.8. The number of anilines is 2. The van der Waals surface area contributed by atoms with E-state index in [2.05, 4.69) is 19.9 Å². The van der Waals surface area contributed by atoms with E-state index < -0.39 is 11.6 Å². The molecule has 9 heteroatoms. The number of nitrogens with one attached hydrogen (secondary N) is 1. The number of nitrogens with two attached hydrogens (primary N) is 2. The van der Waals surface area contributed by atoms with Crippen LogP contribution in [0.15, 0.2) is 36.5 Å². The Labute approximate surface area is 188 Å². The van der Waals surface area contributed by atoms with E-state index >= 15 is 0 Å². The Hall–Kier alpha value is -3.59. The molecule has 3 heterocycles. The second-order valence-electron chi connectivity index (χ2n) is 8.49. The van der Waals surface area contributed by atoms with Gasteiger partial charge in [-0.15, -0.1) is 0 Å². The Balaban J connectivity index is 1.77. The number of piperidine rings is 1. The van der Waals surface area contributed by atoms with Gasteiger partial charge in [0.2, 0.25) is 0 Å². The first-order valence-electron chi connectivity index (χ1n) is 10.7. The summed E-state index contributed by atoms with van der Waals surface area (Å²) < 4.78 is 42.4. The van der Waals surface area contributed by atoms with E-state index in [0.717, 1.165) is 30.5 Å². The number of rotatable bonds is 3. The van der Waals surface area contributed by atoms with Crippen molar-refractivity contribution in [3.63, 3.8) is 0 Å². The molecule has 0 unspecified atom stereocenters. The molecule has 0 aliphatic carbocycles. The number of H-pyrrole nitrogens is 1. The molecule has 5 rings (SSSR count). The van der Waals surface area contributed by atoms with Gasteiger partial charge in [-0.25, -0.2) is 23.1 Å². The van der Waals surface area contributed by atoms with Crippen molar-refractivity contribution in [2.75, 3.05) is 23.7 Å². The summed E-state index contributed by atoms with van der Waals surface area (Å²) in [5.41, 5.74) is 15.9. The number of nitrogens with zero attached hydrogens (tertiary/aromatic N) is 3. The molecule has 1 aliphatic rings. The highest BCUT2D eigenvalue weighted by Crippen LogP contribution is 2.43. The topological polar surface area (TPSA) is 96.8 Å². The quantitative estimate of drug-likeness (QED) is 0.425. The Bertz CT molecular complexity index is 1340. The minimum atomic E-state index is -0.752. The Kier molecular flexibility index (Phi) is 5.20. The van der Waals surface area contributed by atoms with Gasteiger partial charge in [-0.1, -0.05) is 6.07 Å². The highest BCUT2D eigenvalue weighted by molar-refractivity contribution is 5.95. The van der Waals surface area contributed by atoms with Gasteiger partial charge in [0.1, 0.15) is 28.8 Å². The van der Waals surface area contributed by atoms with Crippen LogP contribution in [0.25, 0.3) is 33.5 Å². The number of fused-ring (bicyclic) bond motifs is 1. The zero-order chi connectivity index (χ0) is 23.3. The summed E-state index contributed by atoms with van der Waals surface area (Å²) in [5, 5.41) is 0. The van der Waals surface area contributed by atoms with Crippen molar-refractivity contribution >= 4 is 22.5 Å². The molecule has 0 amide bonds. The number of aryl methyl sites for hydroxylation is 1. The molecule has 1 fully saturated rings. The van der Waals surface area contributed by atoms with Crippen molar-refractivity contribution in [3.05, 3.63) is 59.5 Å². The second kappa shape index (κ2) is 8.08. The molecule has 0 atom stereocenters. The van der Waals surface area contributed by atoms with E-state index in [1.165, 1.54) is 12.1 Å². The SMILES string of the molecule is Cc1cc(F)cc(-c2cnc(N)c(-c3nc4cc(F)cc(F)c4[nH]3)c2N2CCC(N)CC2)c1. The van der Waals surface area contributed by atoms with Gasteiger partial charge in [0, 0.05) is 43.0 Å². The smallest absolute Gasteiger partial charge is 0.151 e. The van der Waals surface area contributed by atoms with Gasteiger partial charge >= 0.3 is 0 Å². The van der Waals surface area contributed by atoms with E-state index in [0.29, 0.717) is 35.5 Å². The molecular weight excluding hydrogens is 429 g/mol. The van der Waals surface area contributed by atoms with Gasteiger partial charge in [0.15, 0.2) is 5.82 Å². The maximum absolute atomic E-state index is 14.4. The first-order valence-corrected chi connectivity index (χ1v) is 10.7. The van der Waals surface area contributed by atoms with E-state index in [1.807, 2.05) is 13.0 Å². The zero-order valence-corrected chi connectivity index (χ0v) is 18.0. The van der Waals surface area contributed by atoms with Gasteiger partial charge in [-0.3, -0.25) is 0 Å². The molecule has 1 aliphatic heterocycles. The van der Waals surface area contributed by atoms with Crippen molar-refractivity contribution in [2.45, 2.75) is 25.8 Å². The number of aromatic nitrogens is 3. The van der Waals surface area contributed by atoms with Crippen LogP contribution in [0.3, 0.4) is 0 Å². The van der Waals surface area contributed by atoms with E-state index in [9.17, 15) is 13.2 Å². The lowest BCUT2D eigenvalue weighted by Gasteiger charge is -2.34. The van der Waals surface area contributed by atoms with E-state index in [-0.39, 0.29) is 34.5 Å². The first kappa shape index (κ1) is 21.3. The maximum Gasteiger partial charge on any atom is 0.151 e. The average Bonchev–Trinajstić information content (AvgIpc) is 3.17. The van der Waals surface area contributed by atoms with Crippen LogP contribution in [-0.4, -0.2) is 34.1 Å². The largest absolute Gasteiger partial charge is 0.383 e. The summed E-state index contributed by atoms with van der Waals surface area (Å²) >= 11 is 0. The standard InChI is InChI=1S/C24H23F3N6/c1-12-6-13(8-14(25)7-12)17-11-30-23(29)20(22(17)33-4-2-16(28)3-5-33)24-31-19-10-15(26)9-18(27)21(19)32-24/h6-11,16H,2-5,28H2,1H3,(H2,29,30)(H,31,32). The Morgan fingerprint density at radius 2 is 1.76 bits per heavy atom. The van der Waals surface area contributed by atoms with Crippen molar-refractivity contribution < 1.29 is 13.2 Å². The fourth-order valence-electron chi connectivity index (χ4n) is 4.46. The predicted molar refractivity (Wildman–Crippen MR) is 123 cm³/mol. The number of imidazole rings is 1. The molecule has 170 valence electrons. The Morgan fingerprint density at radius 3 is 2.48 bits per heavy atom. The number of hydrogen-bond acceptors (Lipinski definition) is 5. The van der Waals surface area contributed by atoms with Crippen molar-refractivity contribution in [3.8, 4) is 22.5 Å². The van der Waals surface area contributed by atoms with Gasteiger partial charge in [0.25, 0.3) is 0 Å². The fraction of sp³-hybridized carbons (Fsp3) is 0.250. The van der Waals surface area contributed by atoms with Crippen LogP contribution in [0, 0.1) is 24.4 Å². The summed E-state index contributed by atoms with van der Waals surface area (Å²) in [7, 11) is 0. The molecule has 2 aromatic heterocycles. The third kappa shape index (κ3) is 3.89. The van der Waals surface area contributed by atoms with Crippen molar-refractivity contribution in [1.29, 1.82) is 0 Å². The van der Waals surface area contributed by atoms with Crippen molar-refractivity contribution in [2.24, 2.45) is 5.73 Å². The molecule has 0 spiro atoms. The maximum atomic E-state index is 14.4. The summed E-state index contributed by atoms with van der Waals surface area (Å²) in [5.74, 6) is -1.40. The third-order valence-electron chi connectivity index (χ3n) is 6.04. The lowest BCUT2D eigenvalue weighted by molar-refractivity contribution is 0.501. The number of hydrogen-bond donors (Lipinski definition) is 3. The van der Waals surface area contributed by atoms with E-state index in [4.69, 9.17) is 11.5 Å². The molecule has 6 nitrogen and oxygen atoms in total. The number of aromatic amines is 1. The van der Waals surface area contributed by atoms with Gasteiger partial charge in [0.05, 0.1) is 16.8 Å². The number of halogens is 3. The molecule has 4 aromatic rings. The lowest BCUT2D eigenvalue weighted by Crippen LogP contribution is -2.40. The van der Waals surface area contributed by atoms with Crippen LogP contribution < -0.4 is 16.4 Å². The minimum absolute atomic E-state index is 0.0735. The molecular formula is C24H23F3N6. The number of pyridine rings is 1. The monoisotopic (exact) mass is 452 g/mol. The van der Waals surface area contributed by atoms with Crippen LogP contribution in [0.2, 0.25) is 0 Å². The molecule has 1 saturated heterocycles. The fourth-order valence-corrected chi connectivity index (χ4v) is 4.46. The van der Waals surface area contributed by atoms with Gasteiger partial charge in [-0.2, -0.15) is 0 Å². The number of nitrogen functional groups attached to an aromatic ring is 1. The molecule has 2 aromatic carbocycles. The van der Waals surface area contributed by atoms with Crippen LogP contribution in [0.4, 0.5) is 24.7 Å². The molecule has 5 N–H and O–H groups in total. The molecule has 33 heavy (non-hydrogen) atoms. The Morgan fingerprint density at radius 1 is 1.03 bits per heavy atom. The summed E-state index contributed by atoms with van der Waals surface area (Å²) in [4.78, 5) is 13.8. The normalized spacial score (nSPS) is 14.9. The molecule has 0 radical (unpaired) electrons. The average molecular weight is 452 g/mol. The zero-order valence-electron chi connectivity index (χ0n) is 18.0. The van der Waals surface area contributed by atoms with Gasteiger partial charge < -0.3 is 21.4 Å². The second-order valence-corrected chi connectivity index (χ2v) is 8.49. The number of benzene rings is 2. The summed E-state index contributed by atoms with van der Waals surface area (Å²) in [6, 6.07) is 6.80. The predicted octanol–water partition coefficient (Wildman–Crippen LogP) is 4.53. The highest BCUT2D eigenvalue weighted by atomic mass is 19.1. The van der Waals surface area contributed by atoms with Crippen LogP contribution in [-0.2, 0) is 0 Å². The summed E-state index contributed by atoms with van der Waals surface area (Å²) in [6.07, 6.45) is 3.15. The van der Waals surface area contributed by atoms with E-state index in [1.54, 1.807) is 6.20 Å². The summed E-state index contributed by atoms with van der Waals surface area (Å²) in [6.45, 7) is 3.12. The van der Waals surface area contributed by atoms with Gasteiger partial charge in [-0.05, 0) is 43.0 Å². The lowest BCUT2D eigenvalue weighted by atomic mass is 9.97. The molecule has 0 bridgehead atoms. The van der Waals surface area contributed by atoms with Crippen LogP contribution in [0.1, 0.15) is 18.4 Å². The highest BCUT2D eigenvalue weighted by Gasteiger charge is 2.27. The minimum Gasteiger partial charge on any atom is -0.383 e. The van der Waals surface area contributed by atoms with Crippen LogP contribution >= 0.6 is 0 Å². The van der Waals surface area contributed by atoms with Crippen molar-refractivity contribution in [1.82, 2.24) is 15.0 Å².